The fraction of sp³-hybridized carbons (Fsp3) is 0.750. The molecule has 4 rings (SSSR count). The molecule has 0 radical (unpaired) electrons. The quantitative estimate of drug-likeness (QED) is 0.0236. The van der Waals surface area contributed by atoms with Crippen LogP contribution in [0.3, 0.4) is 0 Å². The van der Waals surface area contributed by atoms with E-state index in [0.717, 1.165) is 0 Å². The van der Waals surface area contributed by atoms with Gasteiger partial charge in [-0.25, -0.2) is 4.79 Å². The van der Waals surface area contributed by atoms with Crippen molar-refractivity contribution in [3.8, 4) is 0 Å². The first-order valence-electron chi connectivity index (χ1n) is 24.5. The number of nitrogens with zero attached hydrogens (tertiary/aromatic N) is 7. The number of likely N-dealkylation sites (tertiary alicyclic amines) is 4. The first kappa shape index (κ1) is 56.1. The van der Waals surface area contributed by atoms with Crippen LogP contribution >= 0.6 is 0 Å². The molecule has 26 heteroatoms. The standard InChI is InChI=1S/C44H77N17O9/c1-3-25(2)33(45)40(68)60-23-9-16-31(60)36(64)56-27(12-5-19-53-43(48)49)38(66)58-21-7-14-29(58)34(62)55-26(11-4-18-52-42(46)47)37(65)59-22-8-15-30(59)35(63)57-28(13-6-20-54-44(50)51)39(67)61-24-10-17-32(61)41(69)70/h25-33H,3-24,45H2,1-2H3,(H,55,62)(H,56,64)(H,57,63)(H,69,70)(H4,46,47,52)(H4,48,49,53)(H4,50,51,54)/t25-,26-,27-,28-,29-,30-,31-,32-,33-/m0/s1. The van der Waals surface area contributed by atoms with Gasteiger partial charge in [-0.3, -0.25) is 48.5 Å². The summed E-state index contributed by atoms with van der Waals surface area (Å²) in [5.74, 6) is -5.58. The number of rotatable bonds is 25. The Labute approximate surface area is 408 Å². The molecule has 0 aliphatic carbocycles. The number of carbonyl (C=O) groups is 8. The third-order valence-electron chi connectivity index (χ3n) is 13.6. The zero-order valence-corrected chi connectivity index (χ0v) is 40.6. The number of hydrogen-bond donors (Lipinski definition) is 11. The van der Waals surface area contributed by atoms with Gasteiger partial charge in [0, 0.05) is 45.8 Å². The third-order valence-corrected chi connectivity index (χ3v) is 13.6. The summed E-state index contributed by atoms with van der Waals surface area (Å²) in [4.78, 5) is 128. The van der Waals surface area contributed by atoms with E-state index in [0.29, 0.717) is 45.1 Å². The second-order valence-corrected chi connectivity index (χ2v) is 18.5. The molecule has 4 fully saturated rings. The molecule has 4 aliphatic heterocycles. The number of amides is 7. The topological polar surface area (TPSA) is 425 Å². The Morgan fingerprint density at radius 2 is 0.800 bits per heavy atom. The maximum absolute atomic E-state index is 14.6. The van der Waals surface area contributed by atoms with E-state index in [-0.39, 0.29) is 127 Å². The predicted octanol–water partition coefficient (Wildman–Crippen LogP) is -3.98. The molecule has 0 aromatic heterocycles. The predicted molar refractivity (Wildman–Crippen MR) is 260 cm³/mol. The lowest BCUT2D eigenvalue weighted by Gasteiger charge is -2.33. The van der Waals surface area contributed by atoms with Crippen LogP contribution in [0.5, 0.6) is 0 Å². The van der Waals surface area contributed by atoms with Gasteiger partial charge < -0.3 is 80.8 Å². The molecule has 70 heavy (non-hydrogen) atoms. The Bertz CT molecular complexity index is 1960. The Kier molecular flexibility index (Phi) is 21.7. The van der Waals surface area contributed by atoms with Crippen molar-refractivity contribution < 1.29 is 43.5 Å². The number of nitrogens with one attached hydrogen (secondary N) is 3. The highest BCUT2D eigenvalue weighted by Gasteiger charge is 2.44. The summed E-state index contributed by atoms with van der Waals surface area (Å²) >= 11 is 0. The molecular weight excluding hydrogens is 911 g/mol. The molecule has 0 aromatic rings. The van der Waals surface area contributed by atoms with Gasteiger partial charge in [-0.2, -0.15) is 0 Å². The molecule has 0 saturated carbocycles. The summed E-state index contributed by atoms with van der Waals surface area (Å²) in [6.45, 7) is 5.06. The van der Waals surface area contributed by atoms with Crippen LogP contribution in [-0.2, 0) is 38.4 Å². The van der Waals surface area contributed by atoms with Gasteiger partial charge >= 0.3 is 5.97 Å². The van der Waals surface area contributed by atoms with Crippen molar-refractivity contribution in [2.24, 2.45) is 61.0 Å². The smallest absolute Gasteiger partial charge is 0.326 e. The summed E-state index contributed by atoms with van der Waals surface area (Å²) in [5.41, 5.74) is 39.4. The highest BCUT2D eigenvalue weighted by molar-refractivity contribution is 5.98. The molecule has 0 bridgehead atoms. The van der Waals surface area contributed by atoms with Gasteiger partial charge in [0.15, 0.2) is 17.9 Å². The monoisotopic (exact) mass is 988 g/mol. The molecule has 0 spiro atoms. The van der Waals surface area contributed by atoms with Crippen LogP contribution < -0.4 is 56.1 Å². The van der Waals surface area contributed by atoms with Crippen LogP contribution in [0.1, 0.15) is 110 Å². The van der Waals surface area contributed by atoms with Gasteiger partial charge in [-0.1, -0.05) is 20.3 Å². The second kappa shape index (κ2) is 27.1. The summed E-state index contributed by atoms with van der Waals surface area (Å²) in [7, 11) is 0. The molecule has 392 valence electrons. The fourth-order valence-corrected chi connectivity index (χ4v) is 9.57. The Balaban J connectivity index is 1.54. The van der Waals surface area contributed by atoms with Gasteiger partial charge in [-0.15, -0.1) is 0 Å². The van der Waals surface area contributed by atoms with Crippen LogP contribution in [0.2, 0.25) is 0 Å². The number of carboxylic acids is 1. The van der Waals surface area contributed by atoms with Crippen molar-refractivity contribution in [3.63, 3.8) is 0 Å². The van der Waals surface area contributed by atoms with E-state index in [1.54, 1.807) is 0 Å². The minimum absolute atomic E-state index is 0.0467. The number of hydrogen-bond acceptors (Lipinski definition) is 12. The number of nitrogens with two attached hydrogens (primary N) is 7. The van der Waals surface area contributed by atoms with E-state index < -0.39 is 89.7 Å². The van der Waals surface area contributed by atoms with Gasteiger partial charge in [0.2, 0.25) is 41.4 Å². The highest BCUT2D eigenvalue weighted by Crippen LogP contribution is 2.26. The lowest BCUT2D eigenvalue weighted by molar-refractivity contribution is -0.150. The molecule has 26 nitrogen and oxygen atoms in total. The number of aliphatic carboxylic acids is 1. The number of carboxylic acid groups (broad SMARTS) is 1. The summed E-state index contributed by atoms with van der Waals surface area (Å²) in [6.07, 6.45) is 4.72. The van der Waals surface area contributed by atoms with Gasteiger partial charge in [0.05, 0.1) is 6.04 Å². The zero-order valence-electron chi connectivity index (χ0n) is 40.6. The number of aliphatic imine (C=N–C) groups is 3. The lowest BCUT2D eigenvalue weighted by Crippen LogP contribution is -2.59. The van der Waals surface area contributed by atoms with Crippen LogP contribution in [0, 0.1) is 5.92 Å². The van der Waals surface area contributed by atoms with Gasteiger partial charge in [-0.05, 0) is 95.8 Å². The van der Waals surface area contributed by atoms with Crippen molar-refractivity contribution >= 4 is 65.2 Å². The number of carbonyl (C=O) groups excluding carboxylic acids is 7. The third kappa shape index (κ3) is 15.5. The van der Waals surface area contributed by atoms with Crippen LogP contribution in [-0.4, -0.2) is 184 Å². The normalized spacial score (nSPS) is 22.0. The van der Waals surface area contributed by atoms with Crippen LogP contribution in [0.25, 0.3) is 0 Å². The second-order valence-electron chi connectivity index (χ2n) is 18.5. The Morgan fingerprint density at radius 3 is 1.09 bits per heavy atom. The Morgan fingerprint density at radius 1 is 0.514 bits per heavy atom. The van der Waals surface area contributed by atoms with Crippen molar-refractivity contribution in [2.75, 3.05) is 45.8 Å². The van der Waals surface area contributed by atoms with E-state index in [1.165, 1.54) is 19.6 Å². The largest absolute Gasteiger partial charge is 0.480 e. The van der Waals surface area contributed by atoms with Crippen molar-refractivity contribution in [1.29, 1.82) is 0 Å². The molecule has 0 aromatic carbocycles. The van der Waals surface area contributed by atoms with Gasteiger partial charge in [0.1, 0.15) is 42.3 Å². The molecule has 18 N–H and O–H groups in total. The van der Waals surface area contributed by atoms with E-state index in [2.05, 4.69) is 30.9 Å². The summed E-state index contributed by atoms with van der Waals surface area (Å²) in [5, 5.41) is 18.3. The molecule has 4 heterocycles. The average molecular weight is 988 g/mol. The minimum Gasteiger partial charge on any atom is -0.480 e. The van der Waals surface area contributed by atoms with Gasteiger partial charge in [0.25, 0.3) is 0 Å². The molecule has 9 atom stereocenters. The van der Waals surface area contributed by atoms with E-state index in [9.17, 15) is 43.5 Å². The first-order valence-corrected chi connectivity index (χ1v) is 24.5. The number of guanidine groups is 3. The molecular formula is C44H77N17O9. The van der Waals surface area contributed by atoms with Crippen LogP contribution in [0.4, 0.5) is 0 Å². The van der Waals surface area contributed by atoms with Crippen LogP contribution in [0.15, 0.2) is 15.0 Å². The maximum atomic E-state index is 14.6. The molecule has 7 amide bonds. The van der Waals surface area contributed by atoms with E-state index in [4.69, 9.17) is 40.1 Å². The Hall–Kier alpha value is -6.47. The molecule has 0 unspecified atom stereocenters. The van der Waals surface area contributed by atoms with Crippen molar-refractivity contribution in [2.45, 2.75) is 158 Å². The van der Waals surface area contributed by atoms with Crippen molar-refractivity contribution in [3.05, 3.63) is 0 Å². The first-order chi connectivity index (χ1) is 33.3. The summed E-state index contributed by atoms with van der Waals surface area (Å²) in [6, 6.07) is -8.27. The fourth-order valence-electron chi connectivity index (χ4n) is 9.57. The lowest BCUT2D eigenvalue weighted by atomic mass is 9.98. The van der Waals surface area contributed by atoms with E-state index in [1.807, 2.05) is 13.8 Å². The molecule has 4 aliphatic rings. The average Bonchev–Trinajstić information content (AvgIpc) is 4.17. The highest BCUT2D eigenvalue weighted by atomic mass is 16.4. The maximum Gasteiger partial charge on any atom is 0.326 e. The SMILES string of the molecule is CC[C@H](C)[C@H](N)C(=O)N1CCC[C@H]1C(=O)N[C@@H](CCCN=C(N)N)C(=O)N1CCC[C@H]1C(=O)N[C@@H](CCCN=C(N)N)C(=O)N1CCC[C@H]1C(=O)N[C@@H](CCCN=C(N)N)C(=O)N1CCC[C@H]1C(=O)O. The molecule has 4 saturated heterocycles. The van der Waals surface area contributed by atoms with E-state index >= 15 is 0 Å². The van der Waals surface area contributed by atoms with Crippen molar-refractivity contribution in [1.82, 2.24) is 35.6 Å². The minimum atomic E-state index is -1.20. The zero-order chi connectivity index (χ0) is 51.7. The summed E-state index contributed by atoms with van der Waals surface area (Å²) < 4.78 is 0.